The standard InChI is InChI=1S/C20H12Cl2F3NO3/c21-11-3-6-13(15(22)7-11)14-8-17(27)26(16-9-29-19(28)18(14)16)12-4-1-10(2-5-12)20(23,24)25/h1-7,14H,8-9H2. The quantitative estimate of drug-likeness (QED) is 0.590. The number of esters is 1. The molecule has 2 aliphatic rings. The first kappa shape index (κ1) is 19.8. The smallest absolute Gasteiger partial charge is 0.416 e. The van der Waals surface area contributed by atoms with Crippen LogP contribution in [0.25, 0.3) is 0 Å². The molecule has 0 saturated heterocycles. The zero-order chi connectivity index (χ0) is 20.9. The minimum Gasteiger partial charge on any atom is -0.456 e. The van der Waals surface area contributed by atoms with Gasteiger partial charge in [-0.1, -0.05) is 29.3 Å². The van der Waals surface area contributed by atoms with Crippen molar-refractivity contribution in [3.8, 4) is 0 Å². The molecular weight excluding hydrogens is 430 g/mol. The molecule has 2 aliphatic heterocycles. The molecule has 2 aromatic carbocycles. The van der Waals surface area contributed by atoms with Crippen LogP contribution in [0, 0.1) is 0 Å². The molecule has 0 aromatic heterocycles. The van der Waals surface area contributed by atoms with Gasteiger partial charge in [-0.3, -0.25) is 9.69 Å². The van der Waals surface area contributed by atoms with Crippen molar-refractivity contribution in [2.45, 2.75) is 18.5 Å². The van der Waals surface area contributed by atoms with Crippen molar-refractivity contribution in [3.63, 3.8) is 0 Å². The Labute approximate surface area is 173 Å². The maximum absolute atomic E-state index is 12.9. The van der Waals surface area contributed by atoms with E-state index in [-0.39, 0.29) is 30.2 Å². The first-order chi connectivity index (χ1) is 13.7. The molecule has 150 valence electrons. The number of carbonyl (C=O) groups is 2. The number of cyclic esters (lactones) is 1. The first-order valence-electron chi connectivity index (χ1n) is 8.52. The predicted octanol–water partition coefficient (Wildman–Crippen LogP) is 5.34. The van der Waals surface area contributed by atoms with E-state index in [2.05, 4.69) is 0 Å². The number of benzene rings is 2. The van der Waals surface area contributed by atoms with Crippen LogP contribution in [0.15, 0.2) is 53.7 Å². The van der Waals surface area contributed by atoms with Crippen molar-refractivity contribution < 1.29 is 27.5 Å². The van der Waals surface area contributed by atoms with Gasteiger partial charge in [0.2, 0.25) is 5.91 Å². The van der Waals surface area contributed by atoms with Gasteiger partial charge in [0.1, 0.15) is 6.61 Å². The number of nitrogens with zero attached hydrogens (tertiary/aromatic N) is 1. The molecule has 0 fully saturated rings. The van der Waals surface area contributed by atoms with Crippen molar-refractivity contribution in [2.75, 3.05) is 11.5 Å². The molecule has 2 aromatic rings. The Kier molecular flexibility index (Phi) is 4.83. The van der Waals surface area contributed by atoms with Crippen LogP contribution in [-0.2, 0) is 20.5 Å². The number of carbonyl (C=O) groups excluding carboxylic acids is 2. The maximum Gasteiger partial charge on any atom is 0.416 e. The molecule has 4 rings (SSSR count). The summed E-state index contributed by atoms with van der Waals surface area (Å²) in [7, 11) is 0. The number of hydrogen-bond acceptors (Lipinski definition) is 3. The van der Waals surface area contributed by atoms with Crippen molar-refractivity contribution >= 4 is 40.8 Å². The minimum absolute atomic E-state index is 0.0870. The second-order valence-corrected chi connectivity index (χ2v) is 7.48. The number of hydrogen-bond donors (Lipinski definition) is 0. The van der Waals surface area contributed by atoms with Crippen molar-refractivity contribution in [1.29, 1.82) is 0 Å². The Bertz CT molecular complexity index is 1050. The van der Waals surface area contributed by atoms with Gasteiger partial charge in [0.05, 0.1) is 16.8 Å². The molecule has 0 radical (unpaired) electrons. The van der Waals surface area contributed by atoms with Crippen molar-refractivity contribution in [2.24, 2.45) is 0 Å². The molecule has 1 amide bonds. The van der Waals surface area contributed by atoms with Gasteiger partial charge in [-0.05, 0) is 42.0 Å². The molecule has 0 aliphatic carbocycles. The van der Waals surface area contributed by atoms with Crippen LogP contribution < -0.4 is 4.90 Å². The number of ether oxygens (including phenoxy) is 1. The fraction of sp³-hybridized carbons (Fsp3) is 0.200. The highest BCUT2D eigenvalue weighted by Crippen LogP contribution is 2.44. The highest BCUT2D eigenvalue weighted by atomic mass is 35.5. The maximum atomic E-state index is 12.9. The van der Waals surface area contributed by atoms with Gasteiger partial charge in [-0.2, -0.15) is 13.2 Å². The molecule has 9 heteroatoms. The summed E-state index contributed by atoms with van der Waals surface area (Å²) in [5.41, 5.74) is 0.539. The number of alkyl halides is 3. The molecule has 0 spiro atoms. The van der Waals surface area contributed by atoms with Crippen LogP contribution in [0.5, 0.6) is 0 Å². The van der Waals surface area contributed by atoms with Gasteiger partial charge in [0.25, 0.3) is 0 Å². The Hall–Kier alpha value is -2.51. The van der Waals surface area contributed by atoms with E-state index in [9.17, 15) is 22.8 Å². The summed E-state index contributed by atoms with van der Waals surface area (Å²) < 4.78 is 43.6. The minimum atomic E-state index is -4.49. The Morgan fingerprint density at radius 2 is 1.72 bits per heavy atom. The average Bonchev–Trinajstić information content (AvgIpc) is 3.02. The first-order valence-corrected chi connectivity index (χ1v) is 9.27. The number of halogens is 5. The third kappa shape index (κ3) is 3.49. The van der Waals surface area contributed by atoms with E-state index in [4.69, 9.17) is 27.9 Å². The zero-order valence-electron chi connectivity index (χ0n) is 14.6. The molecule has 4 nitrogen and oxygen atoms in total. The predicted molar refractivity (Wildman–Crippen MR) is 101 cm³/mol. The lowest BCUT2D eigenvalue weighted by Crippen LogP contribution is -2.37. The SMILES string of the molecule is O=C1OCC2=C1C(c1ccc(Cl)cc1Cl)CC(=O)N2c1ccc(C(F)(F)F)cc1. The second-order valence-electron chi connectivity index (χ2n) is 6.63. The third-order valence-electron chi connectivity index (χ3n) is 4.91. The van der Waals surface area contributed by atoms with E-state index in [1.165, 1.54) is 23.1 Å². The summed E-state index contributed by atoms with van der Waals surface area (Å²) in [6.45, 7) is -0.150. The summed E-state index contributed by atoms with van der Waals surface area (Å²) in [6, 6.07) is 8.95. The normalized spacial score (nSPS) is 19.5. The Morgan fingerprint density at radius 3 is 2.34 bits per heavy atom. The Morgan fingerprint density at radius 1 is 1.03 bits per heavy atom. The molecular formula is C20H12Cl2F3NO3. The fourth-order valence-electron chi connectivity index (χ4n) is 3.60. The van der Waals surface area contributed by atoms with Gasteiger partial charge in [0, 0.05) is 28.1 Å². The van der Waals surface area contributed by atoms with Crippen LogP contribution in [0.4, 0.5) is 18.9 Å². The lowest BCUT2D eigenvalue weighted by Gasteiger charge is -2.32. The molecule has 0 saturated carbocycles. The average molecular weight is 442 g/mol. The van der Waals surface area contributed by atoms with Crippen LogP contribution in [-0.4, -0.2) is 18.5 Å². The molecule has 0 N–H and O–H groups in total. The van der Waals surface area contributed by atoms with Crippen molar-refractivity contribution in [1.82, 2.24) is 0 Å². The largest absolute Gasteiger partial charge is 0.456 e. The van der Waals surface area contributed by atoms with E-state index < -0.39 is 23.6 Å². The molecule has 0 bridgehead atoms. The van der Waals surface area contributed by atoms with E-state index in [1.807, 2.05) is 0 Å². The van der Waals surface area contributed by atoms with Crippen LogP contribution >= 0.6 is 23.2 Å². The lowest BCUT2D eigenvalue weighted by molar-refractivity contribution is -0.138. The second kappa shape index (κ2) is 7.07. The molecule has 29 heavy (non-hydrogen) atoms. The van der Waals surface area contributed by atoms with E-state index in [0.29, 0.717) is 21.3 Å². The number of anilines is 1. The van der Waals surface area contributed by atoms with E-state index in [0.717, 1.165) is 12.1 Å². The van der Waals surface area contributed by atoms with Crippen LogP contribution in [0.2, 0.25) is 10.0 Å². The van der Waals surface area contributed by atoms with Crippen molar-refractivity contribution in [3.05, 3.63) is 74.9 Å². The highest BCUT2D eigenvalue weighted by Gasteiger charge is 2.43. The van der Waals surface area contributed by atoms with E-state index >= 15 is 0 Å². The van der Waals surface area contributed by atoms with Crippen LogP contribution in [0.1, 0.15) is 23.5 Å². The third-order valence-corrected chi connectivity index (χ3v) is 5.47. The zero-order valence-corrected chi connectivity index (χ0v) is 16.1. The monoisotopic (exact) mass is 441 g/mol. The fourth-order valence-corrected chi connectivity index (χ4v) is 4.14. The molecule has 1 unspecified atom stereocenters. The summed E-state index contributed by atoms with van der Waals surface area (Å²) in [4.78, 5) is 26.6. The lowest BCUT2D eigenvalue weighted by atomic mass is 9.84. The molecule has 2 heterocycles. The van der Waals surface area contributed by atoms with Gasteiger partial charge in [-0.15, -0.1) is 0 Å². The van der Waals surface area contributed by atoms with Gasteiger partial charge >= 0.3 is 12.1 Å². The van der Waals surface area contributed by atoms with Gasteiger partial charge in [0.15, 0.2) is 0 Å². The van der Waals surface area contributed by atoms with Crippen LogP contribution in [0.3, 0.4) is 0 Å². The van der Waals surface area contributed by atoms with Gasteiger partial charge < -0.3 is 4.74 Å². The van der Waals surface area contributed by atoms with E-state index in [1.54, 1.807) is 12.1 Å². The summed E-state index contributed by atoms with van der Waals surface area (Å²) in [5, 5.41) is 0.722. The number of rotatable bonds is 2. The Balaban J connectivity index is 1.78. The summed E-state index contributed by atoms with van der Waals surface area (Å²) in [5.74, 6) is -1.58. The van der Waals surface area contributed by atoms with Gasteiger partial charge in [-0.25, -0.2) is 4.79 Å². The molecule has 1 atom stereocenters. The summed E-state index contributed by atoms with van der Waals surface area (Å²) in [6.07, 6.45) is -4.58. The highest BCUT2D eigenvalue weighted by molar-refractivity contribution is 6.35. The topological polar surface area (TPSA) is 46.6 Å². The summed E-state index contributed by atoms with van der Waals surface area (Å²) >= 11 is 12.2. The number of amides is 1.